The molecule has 100 valence electrons. The predicted octanol–water partition coefficient (Wildman–Crippen LogP) is 2.86. The molecule has 1 heterocycles. The number of anilines is 2. The van der Waals surface area contributed by atoms with Gasteiger partial charge in [0.25, 0.3) is 5.82 Å². The van der Waals surface area contributed by atoms with Crippen LogP contribution in [-0.2, 0) is 0 Å². The second kappa shape index (κ2) is 5.51. The van der Waals surface area contributed by atoms with Crippen molar-refractivity contribution < 1.29 is 4.92 Å². The number of nitro groups is 1. The van der Waals surface area contributed by atoms with E-state index in [0.717, 1.165) is 29.2 Å². The minimum absolute atomic E-state index is 0.0444. The summed E-state index contributed by atoms with van der Waals surface area (Å²) < 4.78 is 0. The van der Waals surface area contributed by atoms with Gasteiger partial charge in [0.1, 0.15) is 0 Å². The minimum Gasteiger partial charge on any atom is -0.369 e. The minimum atomic E-state index is -0.427. The lowest BCUT2D eigenvalue weighted by Crippen LogP contribution is -2.23. The van der Waals surface area contributed by atoms with Crippen LogP contribution in [0.1, 0.15) is 32.1 Å². The Morgan fingerprint density at radius 2 is 2.06 bits per heavy atom. The molecule has 0 amide bonds. The second-order valence-corrected chi connectivity index (χ2v) is 5.76. The smallest absolute Gasteiger partial charge is 0.369 e. The van der Waals surface area contributed by atoms with Gasteiger partial charge in [-0.3, -0.25) is 0 Å². The van der Waals surface area contributed by atoms with Crippen LogP contribution in [0.5, 0.6) is 0 Å². The SMILES string of the molecule is CN(C)c1nc([N+](=O)[O-])sc1NC1CCCCC1. The highest BCUT2D eigenvalue weighted by atomic mass is 32.1. The summed E-state index contributed by atoms with van der Waals surface area (Å²) in [4.78, 5) is 16.2. The normalized spacial score (nSPS) is 16.6. The Morgan fingerprint density at radius 1 is 1.39 bits per heavy atom. The van der Waals surface area contributed by atoms with Crippen molar-refractivity contribution in [2.45, 2.75) is 38.1 Å². The molecule has 2 rings (SSSR count). The lowest BCUT2D eigenvalue weighted by Gasteiger charge is -2.23. The third-order valence-electron chi connectivity index (χ3n) is 3.12. The highest BCUT2D eigenvalue weighted by Gasteiger charge is 2.25. The van der Waals surface area contributed by atoms with Gasteiger partial charge in [0.05, 0.1) is 0 Å². The van der Waals surface area contributed by atoms with Gasteiger partial charge in [-0.05, 0) is 34.1 Å². The van der Waals surface area contributed by atoms with Gasteiger partial charge in [0.2, 0.25) is 0 Å². The van der Waals surface area contributed by atoms with Gasteiger partial charge in [-0.25, -0.2) is 0 Å². The van der Waals surface area contributed by atoms with E-state index < -0.39 is 4.92 Å². The van der Waals surface area contributed by atoms with Crippen molar-refractivity contribution in [2.24, 2.45) is 0 Å². The highest BCUT2D eigenvalue weighted by Crippen LogP contribution is 2.37. The number of hydrogen-bond acceptors (Lipinski definition) is 6. The highest BCUT2D eigenvalue weighted by molar-refractivity contribution is 7.19. The zero-order valence-corrected chi connectivity index (χ0v) is 11.5. The van der Waals surface area contributed by atoms with Crippen LogP contribution in [-0.4, -0.2) is 30.0 Å². The van der Waals surface area contributed by atoms with Crippen LogP contribution in [0.2, 0.25) is 0 Å². The first-order valence-electron chi connectivity index (χ1n) is 6.17. The Morgan fingerprint density at radius 3 is 2.61 bits per heavy atom. The van der Waals surface area contributed by atoms with Gasteiger partial charge >= 0.3 is 5.13 Å². The summed E-state index contributed by atoms with van der Waals surface area (Å²) in [5.74, 6) is 0.664. The zero-order chi connectivity index (χ0) is 13.1. The molecular weight excluding hydrogens is 252 g/mol. The molecule has 1 aromatic heterocycles. The van der Waals surface area contributed by atoms with E-state index in [0.29, 0.717) is 11.9 Å². The average molecular weight is 270 g/mol. The maximum Gasteiger partial charge on any atom is 0.427 e. The van der Waals surface area contributed by atoms with Gasteiger partial charge in [-0.1, -0.05) is 19.3 Å². The van der Waals surface area contributed by atoms with Crippen LogP contribution in [0.25, 0.3) is 0 Å². The fourth-order valence-corrected chi connectivity index (χ4v) is 3.14. The molecule has 1 saturated carbocycles. The van der Waals surface area contributed by atoms with Crippen LogP contribution >= 0.6 is 11.3 Å². The topological polar surface area (TPSA) is 71.3 Å². The largest absolute Gasteiger partial charge is 0.427 e. The molecule has 1 aliphatic carbocycles. The molecule has 0 aromatic carbocycles. The van der Waals surface area contributed by atoms with Crippen LogP contribution in [0.15, 0.2) is 0 Å². The first kappa shape index (κ1) is 13.1. The number of nitrogens with zero attached hydrogens (tertiary/aromatic N) is 3. The van der Waals surface area contributed by atoms with E-state index in [1.54, 1.807) is 0 Å². The lowest BCUT2D eigenvalue weighted by molar-refractivity contribution is -0.384. The molecule has 0 radical (unpaired) electrons. The molecular formula is C11H18N4O2S. The molecule has 0 spiro atoms. The number of thiazole rings is 1. The molecule has 0 saturated heterocycles. The molecule has 0 unspecified atom stereocenters. The third kappa shape index (κ3) is 2.90. The summed E-state index contributed by atoms with van der Waals surface area (Å²) in [5, 5.41) is 15.0. The van der Waals surface area contributed by atoms with Gasteiger partial charge in [-0.15, -0.1) is 0 Å². The van der Waals surface area contributed by atoms with Crippen LogP contribution in [0.4, 0.5) is 16.0 Å². The number of aromatic nitrogens is 1. The van der Waals surface area contributed by atoms with Crippen LogP contribution in [0, 0.1) is 10.1 Å². The Hall–Kier alpha value is -1.37. The summed E-state index contributed by atoms with van der Waals surface area (Å²) in [6.45, 7) is 0. The van der Waals surface area contributed by atoms with E-state index >= 15 is 0 Å². The van der Waals surface area contributed by atoms with Crippen molar-refractivity contribution in [3.8, 4) is 0 Å². The number of nitrogens with one attached hydrogen (secondary N) is 1. The first-order chi connectivity index (χ1) is 8.58. The summed E-state index contributed by atoms with van der Waals surface area (Å²) in [5.41, 5.74) is 0. The van der Waals surface area contributed by atoms with E-state index in [4.69, 9.17) is 0 Å². The first-order valence-corrected chi connectivity index (χ1v) is 6.98. The number of hydrogen-bond donors (Lipinski definition) is 1. The van der Waals surface area contributed by atoms with E-state index in [9.17, 15) is 10.1 Å². The Balaban J connectivity index is 2.16. The van der Waals surface area contributed by atoms with Crippen LogP contribution < -0.4 is 10.2 Å². The molecule has 1 fully saturated rings. The van der Waals surface area contributed by atoms with Gasteiger partial charge in [-0.2, -0.15) is 0 Å². The molecule has 18 heavy (non-hydrogen) atoms. The third-order valence-corrected chi connectivity index (χ3v) is 4.05. The van der Waals surface area contributed by atoms with Crippen molar-refractivity contribution in [2.75, 3.05) is 24.3 Å². The Bertz CT molecular complexity index is 427. The summed E-state index contributed by atoms with van der Waals surface area (Å²) in [6.07, 6.45) is 6.03. The van der Waals surface area contributed by atoms with Crippen molar-refractivity contribution in [3.63, 3.8) is 0 Å². The fourth-order valence-electron chi connectivity index (χ4n) is 2.21. The lowest BCUT2D eigenvalue weighted by atomic mass is 9.96. The van der Waals surface area contributed by atoms with Crippen molar-refractivity contribution in [3.05, 3.63) is 10.1 Å². The summed E-state index contributed by atoms with van der Waals surface area (Å²) in [6, 6.07) is 0.428. The molecule has 1 aliphatic rings. The Labute approximate surface area is 110 Å². The zero-order valence-electron chi connectivity index (χ0n) is 10.7. The van der Waals surface area contributed by atoms with Gasteiger partial charge < -0.3 is 20.3 Å². The average Bonchev–Trinajstić information content (AvgIpc) is 2.74. The maximum atomic E-state index is 10.8. The summed E-state index contributed by atoms with van der Waals surface area (Å²) >= 11 is 1.13. The second-order valence-electron chi connectivity index (χ2n) is 4.78. The maximum absolute atomic E-state index is 10.8. The molecule has 1 aromatic rings. The molecule has 0 aliphatic heterocycles. The molecule has 0 bridgehead atoms. The van der Waals surface area contributed by atoms with Gasteiger partial charge in [0, 0.05) is 20.1 Å². The van der Waals surface area contributed by atoms with Crippen molar-refractivity contribution in [1.82, 2.24) is 4.98 Å². The fraction of sp³-hybridized carbons (Fsp3) is 0.727. The number of rotatable bonds is 4. The van der Waals surface area contributed by atoms with E-state index in [2.05, 4.69) is 10.3 Å². The van der Waals surface area contributed by atoms with Crippen LogP contribution in [0.3, 0.4) is 0 Å². The van der Waals surface area contributed by atoms with E-state index in [1.165, 1.54) is 19.3 Å². The molecule has 6 nitrogen and oxygen atoms in total. The summed E-state index contributed by atoms with van der Waals surface area (Å²) in [7, 11) is 3.70. The van der Waals surface area contributed by atoms with Crippen molar-refractivity contribution in [1.29, 1.82) is 0 Å². The van der Waals surface area contributed by atoms with Crippen molar-refractivity contribution >= 4 is 27.3 Å². The van der Waals surface area contributed by atoms with E-state index in [1.807, 2.05) is 19.0 Å². The quantitative estimate of drug-likeness (QED) is 0.673. The molecule has 7 heteroatoms. The monoisotopic (exact) mass is 270 g/mol. The Kier molecular flexibility index (Phi) is 4.00. The standard InChI is InChI=1S/C11H18N4O2S/c1-14(2)9-10(18-11(13-9)15(16)17)12-8-6-4-3-5-7-8/h8,12H,3-7H2,1-2H3. The molecule has 1 N–H and O–H groups in total. The van der Waals surface area contributed by atoms with Gasteiger partial charge in [0.15, 0.2) is 5.00 Å². The predicted molar refractivity (Wildman–Crippen MR) is 73.6 cm³/mol. The van der Waals surface area contributed by atoms with E-state index in [-0.39, 0.29) is 5.13 Å². The molecule has 0 atom stereocenters.